The highest BCUT2D eigenvalue weighted by molar-refractivity contribution is 7.98. The van der Waals surface area contributed by atoms with Gasteiger partial charge in [0.2, 0.25) is 0 Å². The molecule has 0 radical (unpaired) electrons. The van der Waals surface area contributed by atoms with Gasteiger partial charge in [0.1, 0.15) is 0 Å². The Bertz CT molecular complexity index is 734. The molecule has 0 heterocycles. The van der Waals surface area contributed by atoms with E-state index in [0.29, 0.717) is 0 Å². The van der Waals surface area contributed by atoms with Crippen LogP contribution in [-0.4, -0.2) is 6.26 Å². The predicted octanol–water partition coefficient (Wildman–Crippen LogP) is 5.88. The molecule has 2 heteroatoms. The standard InChI is InChI=1S/C17H13ClS/c1-19-17-11-13-7-3-2-6-12(13)10-15(17)14-8-4-5-9-16(14)18/h2-11H,1H3. The molecule has 0 saturated heterocycles. The van der Waals surface area contributed by atoms with E-state index in [1.807, 2.05) is 18.2 Å². The van der Waals surface area contributed by atoms with Gasteiger partial charge in [-0.05, 0) is 40.8 Å². The molecule has 0 fully saturated rings. The first-order valence-corrected chi connectivity index (χ1v) is 7.71. The van der Waals surface area contributed by atoms with Gasteiger partial charge in [-0.1, -0.05) is 54.1 Å². The average molecular weight is 285 g/mol. The maximum atomic E-state index is 6.33. The zero-order chi connectivity index (χ0) is 13.2. The lowest BCUT2D eigenvalue weighted by molar-refractivity contribution is 1.48. The minimum Gasteiger partial charge on any atom is -0.129 e. The number of thioether (sulfide) groups is 1. The molecule has 0 aromatic heterocycles. The summed E-state index contributed by atoms with van der Waals surface area (Å²) >= 11 is 8.08. The second-order valence-electron chi connectivity index (χ2n) is 4.38. The van der Waals surface area contributed by atoms with E-state index in [4.69, 9.17) is 11.6 Å². The summed E-state index contributed by atoms with van der Waals surface area (Å²) < 4.78 is 0. The Morgan fingerprint density at radius 1 is 0.789 bits per heavy atom. The Labute approximate surface area is 122 Å². The lowest BCUT2D eigenvalue weighted by Gasteiger charge is -2.11. The highest BCUT2D eigenvalue weighted by Gasteiger charge is 2.09. The van der Waals surface area contributed by atoms with E-state index in [1.165, 1.54) is 21.2 Å². The summed E-state index contributed by atoms with van der Waals surface area (Å²) in [6, 6.07) is 20.9. The summed E-state index contributed by atoms with van der Waals surface area (Å²) in [6.45, 7) is 0. The van der Waals surface area contributed by atoms with Crippen molar-refractivity contribution in [1.82, 2.24) is 0 Å². The van der Waals surface area contributed by atoms with Crippen LogP contribution in [0.15, 0.2) is 65.6 Å². The van der Waals surface area contributed by atoms with Crippen molar-refractivity contribution in [2.45, 2.75) is 4.90 Å². The van der Waals surface area contributed by atoms with Crippen LogP contribution in [0.4, 0.5) is 0 Å². The summed E-state index contributed by atoms with van der Waals surface area (Å²) in [5.74, 6) is 0. The van der Waals surface area contributed by atoms with Crippen molar-refractivity contribution in [2.24, 2.45) is 0 Å². The molecule has 0 bridgehead atoms. The lowest BCUT2D eigenvalue weighted by atomic mass is 10.0. The van der Waals surface area contributed by atoms with Crippen molar-refractivity contribution < 1.29 is 0 Å². The molecule has 3 rings (SSSR count). The van der Waals surface area contributed by atoms with Gasteiger partial charge >= 0.3 is 0 Å². The van der Waals surface area contributed by atoms with Crippen molar-refractivity contribution >= 4 is 34.1 Å². The molecule has 94 valence electrons. The molecule has 0 saturated carbocycles. The van der Waals surface area contributed by atoms with Gasteiger partial charge in [0.05, 0.1) is 0 Å². The Kier molecular flexibility index (Phi) is 3.50. The quantitative estimate of drug-likeness (QED) is 0.529. The monoisotopic (exact) mass is 284 g/mol. The third-order valence-corrected chi connectivity index (χ3v) is 4.34. The molecule has 0 nitrogen and oxygen atoms in total. The van der Waals surface area contributed by atoms with Crippen molar-refractivity contribution in [2.75, 3.05) is 6.26 Å². The topological polar surface area (TPSA) is 0 Å². The van der Waals surface area contributed by atoms with E-state index >= 15 is 0 Å². The molecule has 0 N–H and O–H groups in total. The Morgan fingerprint density at radius 2 is 1.42 bits per heavy atom. The number of hydrogen-bond acceptors (Lipinski definition) is 1. The maximum absolute atomic E-state index is 6.33. The molecule has 19 heavy (non-hydrogen) atoms. The van der Waals surface area contributed by atoms with Crippen molar-refractivity contribution in [3.63, 3.8) is 0 Å². The SMILES string of the molecule is CSc1cc2ccccc2cc1-c1ccccc1Cl. The number of halogens is 1. The Morgan fingerprint density at radius 3 is 2.11 bits per heavy atom. The van der Waals surface area contributed by atoms with Gasteiger partial charge in [-0.15, -0.1) is 11.8 Å². The molecule has 0 spiro atoms. The van der Waals surface area contributed by atoms with Crippen LogP contribution in [-0.2, 0) is 0 Å². The lowest BCUT2D eigenvalue weighted by Crippen LogP contribution is -1.85. The van der Waals surface area contributed by atoms with E-state index in [1.54, 1.807) is 11.8 Å². The van der Waals surface area contributed by atoms with Crippen molar-refractivity contribution in [1.29, 1.82) is 0 Å². The summed E-state index contributed by atoms with van der Waals surface area (Å²) in [4.78, 5) is 1.26. The van der Waals surface area contributed by atoms with Crippen LogP contribution in [0.2, 0.25) is 5.02 Å². The second kappa shape index (κ2) is 5.28. The van der Waals surface area contributed by atoms with Gasteiger partial charge in [0.15, 0.2) is 0 Å². The largest absolute Gasteiger partial charge is 0.129 e. The summed E-state index contributed by atoms with van der Waals surface area (Å²) in [6.07, 6.45) is 2.10. The van der Waals surface area contributed by atoms with Gasteiger partial charge < -0.3 is 0 Å². The molecule has 0 aliphatic heterocycles. The predicted molar refractivity (Wildman–Crippen MR) is 86.2 cm³/mol. The number of hydrogen-bond donors (Lipinski definition) is 0. The molecule has 0 unspecified atom stereocenters. The first-order chi connectivity index (χ1) is 9.29. The minimum atomic E-state index is 0.799. The Hall–Kier alpha value is -1.44. The van der Waals surface area contributed by atoms with Gasteiger partial charge in [-0.25, -0.2) is 0 Å². The number of fused-ring (bicyclic) bond motifs is 1. The minimum absolute atomic E-state index is 0.799. The second-order valence-corrected chi connectivity index (χ2v) is 5.63. The highest BCUT2D eigenvalue weighted by Crippen LogP contribution is 2.37. The van der Waals surface area contributed by atoms with Crippen LogP contribution in [0.1, 0.15) is 0 Å². The van der Waals surface area contributed by atoms with E-state index in [0.717, 1.165) is 10.6 Å². The van der Waals surface area contributed by atoms with Gasteiger partial charge in [0, 0.05) is 15.5 Å². The number of benzene rings is 3. The molecular formula is C17H13ClS. The normalized spacial score (nSPS) is 10.8. The fourth-order valence-electron chi connectivity index (χ4n) is 2.28. The fourth-order valence-corrected chi connectivity index (χ4v) is 3.15. The smallest absolute Gasteiger partial charge is 0.0484 e. The fraction of sp³-hybridized carbons (Fsp3) is 0.0588. The van der Waals surface area contributed by atoms with Gasteiger partial charge in [-0.2, -0.15) is 0 Å². The Balaban J connectivity index is 2.31. The molecule has 0 atom stereocenters. The van der Waals surface area contributed by atoms with Gasteiger partial charge in [0.25, 0.3) is 0 Å². The average Bonchev–Trinajstić information content (AvgIpc) is 2.46. The van der Waals surface area contributed by atoms with Crippen LogP contribution in [0.25, 0.3) is 21.9 Å². The third-order valence-electron chi connectivity index (χ3n) is 3.23. The van der Waals surface area contributed by atoms with E-state index in [9.17, 15) is 0 Å². The van der Waals surface area contributed by atoms with E-state index in [-0.39, 0.29) is 0 Å². The summed E-state index contributed by atoms with van der Waals surface area (Å²) in [5.41, 5.74) is 2.30. The molecular weight excluding hydrogens is 272 g/mol. The van der Waals surface area contributed by atoms with Crippen LogP contribution >= 0.6 is 23.4 Å². The molecule has 3 aromatic rings. The summed E-state index contributed by atoms with van der Waals surface area (Å²) in [7, 11) is 0. The molecule has 0 aliphatic rings. The third kappa shape index (κ3) is 2.36. The first kappa shape index (κ1) is 12.6. The zero-order valence-electron chi connectivity index (χ0n) is 10.6. The van der Waals surface area contributed by atoms with Crippen LogP contribution in [0.3, 0.4) is 0 Å². The van der Waals surface area contributed by atoms with Crippen LogP contribution < -0.4 is 0 Å². The first-order valence-electron chi connectivity index (χ1n) is 6.11. The number of rotatable bonds is 2. The summed E-state index contributed by atoms with van der Waals surface area (Å²) in [5, 5.41) is 3.31. The van der Waals surface area contributed by atoms with Crippen LogP contribution in [0.5, 0.6) is 0 Å². The molecule has 0 amide bonds. The van der Waals surface area contributed by atoms with Crippen molar-refractivity contribution in [3.8, 4) is 11.1 Å². The highest BCUT2D eigenvalue weighted by atomic mass is 35.5. The van der Waals surface area contributed by atoms with Crippen LogP contribution in [0, 0.1) is 0 Å². The molecule has 3 aromatic carbocycles. The van der Waals surface area contributed by atoms with Crippen molar-refractivity contribution in [3.05, 3.63) is 65.7 Å². The van der Waals surface area contributed by atoms with Gasteiger partial charge in [-0.3, -0.25) is 0 Å². The maximum Gasteiger partial charge on any atom is 0.0484 e. The van der Waals surface area contributed by atoms with E-state index < -0.39 is 0 Å². The van der Waals surface area contributed by atoms with E-state index in [2.05, 4.69) is 48.7 Å². The molecule has 0 aliphatic carbocycles. The zero-order valence-corrected chi connectivity index (χ0v) is 12.1.